The second-order valence-corrected chi connectivity index (χ2v) is 5.89. The van der Waals surface area contributed by atoms with Gasteiger partial charge in [0.05, 0.1) is 16.7 Å². The van der Waals surface area contributed by atoms with Crippen molar-refractivity contribution in [2.24, 2.45) is 0 Å². The van der Waals surface area contributed by atoms with E-state index in [1.807, 2.05) is 19.2 Å². The molecule has 23 heavy (non-hydrogen) atoms. The first-order chi connectivity index (χ1) is 11.3. The van der Waals surface area contributed by atoms with Crippen molar-refractivity contribution in [2.75, 3.05) is 0 Å². The first-order valence-corrected chi connectivity index (χ1v) is 8.00. The molecule has 4 aromatic rings. The van der Waals surface area contributed by atoms with Crippen LogP contribution < -0.4 is 0 Å². The van der Waals surface area contributed by atoms with Crippen LogP contribution in [0.1, 0.15) is 18.2 Å². The summed E-state index contributed by atoms with van der Waals surface area (Å²) in [7, 11) is 0. The first kappa shape index (κ1) is 13.9. The van der Waals surface area contributed by atoms with Crippen LogP contribution in [0.5, 0.6) is 0 Å². The first-order valence-electron chi connectivity index (χ1n) is 8.00. The van der Waals surface area contributed by atoms with E-state index in [2.05, 4.69) is 60.4 Å². The summed E-state index contributed by atoms with van der Waals surface area (Å²) >= 11 is 0. The molecule has 2 heteroatoms. The van der Waals surface area contributed by atoms with Crippen molar-refractivity contribution >= 4 is 21.8 Å². The number of benzene rings is 3. The molecule has 0 N–H and O–H groups in total. The molecule has 0 saturated carbocycles. The Kier molecular flexibility index (Phi) is 3.30. The number of fused-ring (bicyclic) bond motifs is 3. The van der Waals surface area contributed by atoms with Crippen molar-refractivity contribution in [3.8, 4) is 11.1 Å². The highest BCUT2D eigenvalue weighted by Gasteiger charge is 2.09. The van der Waals surface area contributed by atoms with E-state index in [1.165, 1.54) is 27.5 Å². The normalized spacial score (nSPS) is 11.2. The lowest BCUT2D eigenvalue weighted by Gasteiger charge is -2.11. The molecule has 0 aliphatic carbocycles. The Labute approximate surface area is 135 Å². The molecule has 4 rings (SSSR count). The Bertz CT molecular complexity index is 1000. The zero-order chi connectivity index (χ0) is 15.8. The highest BCUT2D eigenvalue weighted by molar-refractivity contribution is 6.06. The molecule has 0 spiro atoms. The Balaban J connectivity index is 2.06. The van der Waals surface area contributed by atoms with E-state index in [-0.39, 0.29) is 0 Å². The van der Waals surface area contributed by atoms with Crippen LogP contribution in [0.4, 0.5) is 0 Å². The van der Waals surface area contributed by atoms with Crippen LogP contribution >= 0.6 is 0 Å². The van der Waals surface area contributed by atoms with Gasteiger partial charge in [0.1, 0.15) is 0 Å². The van der Waals surface area contributed by atoms with E-state index in [0.29, 0.717) is 0 Å². The van der Waals surface area contributed by atoms with Gasteiger partial charge in [0, 0.05) is 11.6 Å². The molecule has 2 nitrogen and oxygen atoms in total. The molecule has 0 aliphatic heterocycles. The summed E-state index contributed by atoms with van der Waals surface area (Å²) in [6.07, 6.45) is 2.83. The summed E-state index contributed by atoms with van der Waals surface area (Å²) in [6, 6.07) is 19.3. The van der Waals surface area contributed by atoms with Crippen LogP contribution in [0.2, 0.25) is 0 Å². The summed E-state index contributed by atoms with van der Waals surface area (Å²) in [5.74, 6) is 0. The fraction of sp³-hybridized carbons (Fsp3) is 0.143. The summed E-state index contributed by atoms with van der Waals surface area (Å²) < 4.78 is 0. The van der Waals surface area contributed by atoms with Gasteiger partial charge in [-0.3, -0.25) is 4.98 Å². The van der Waals surface area contributed by atoms with E-state index in [9.17, 15) is 0 Å². The van der Waals surface area contributed by atoms with Gasteiger partial charge in [-0.2, -0.15) is 0 Å². The van der Waals surface area contributed by atoms with Crippen molar-refractivity contribution in [1.29, 1.82) is 0 Å². The quantitative estimate of drug-likeness (QED) is 0.468. The lowest BCUT2D eigenvalue weighted by atomic mass is 9.96. The number of aryl methyl sites for hydroxylation is 2. The van der Waals surface area contributed by atoms with Crippen LogP contribution in [0.15, 0.2) is 60.8 Å². The lowest BCUT2D eigenvalue weighted by molar-refractivity contribution is 1.15. The second kappa shape index (κ2) is 5.47. The number of hydrogen-bond donors (Lipinski definition) is 0. The molecule has 0 amide bonds. The minimum Gasteiger partial charge on any atom is -0.253 e. The SMILES string of the molecule is CCc1cc2ncc(C)nc2c2ccc(-c3ccccc3)cc12. The van der Waals surface area contributed by atoms with Crippen LogP contribution in [-0.4, -0.2) is 9.97 Å². The fourth-order valence-electron chi connectivity index (χ4n) is 3.15. The minimum absolute atomic E-state index is 0.954. The predicted molar refractivity (Wildman–Crippen MR) is 96.6 cm³/mol. The third kappa shape index (κ3) is 2.36. The maximum atomic E-state index is 4.72. The fourth-order valence-corrected chi connectivity index (χ4v) is 3.15. The second-order valence-electron chi connectivity index (χ2n) is 5.89. The van der Waals surface area contributed by atoms with Crippen LogP contribution in [0.3, 0.4) is 0 Å². The summed E-state index contributed by atoms with van der Waals surface area (Å²) in [5.41, 5.74) is 6.74. The third-order valence-electron chi connectivity index (χ3n) is 4.34. The molecular formula is C21H18N2. The molecule has 0 fully saturated rings. The van der Waals surface area contributed by atoms with Gasteiger partial charge in [-0.15, -0.1) is 0 Å². The molecule has 0 unspecified atom stereocenters. The molecule has 3 aromatic carbocycles. The number of rotatable bonds is 2. The topological polar surface area (TPSA) is 25.8 Å². The largest absolute Gasteiger partial charge is 0.253 e. The molecule has 0 radical (unpaired) electrons. The van der Waals surface area contributed by atoms with Gasteiger partial charge < -0.3 is 0 Å². The minimum atomic E-state index is 0.954. The van der Waals surface area contributed by atoms with E-state index in [1.54, 1.807) is 0 Å². The van der Waals surface area contributed by atoms with Gasteiger partial charge >= 0.3 is 0 Å². The van der Waals surface area contributed by atoms with Gasteiger partial charge in [-0.05, 0) is 47.6 Å². The number of aromatic nitrogens is 2. The lowest BCUT2D eigenvalue weighted by Crippen LogP contribution is -1.93. The monoisotopic (exact) mass is 298 g/mol. The van der Waals surface area contributed by atoms with Crippen molar-refractivity contribution in [3.63, 3.8) is 0 Å². The van der Waals surface area contributed by atoms with Crippen LogP contribution in [0.25, 0.3) is 32.9 Å². The van der Waals surface area contributed by atoms with Gasteiger partial charge in [0.2, 0.25) is 0 Å². The van der Waals surface area contributed by atoms with Crippen LogP contribution in [-0.2, 0) is 6.42 Å². The number of nitrogens with zero attached hydrogens (tertiary/aromatic N) is 2. The molecule has 0 atom stereocenters. The molecule has 112 valence electrons. The standard InChI is InChI=1S/C21H18N2/c1-3-15-12-20-21(23-14(2)13-22-20)18-10-9-17(11-19(15)18)16-7-5-4-6-8-16/h4-13H,3H2,1-2H3. The van der Waals surface area contributed by atoms with E-state index in [4.69, 9.17) is 4.98 Å². The zero-order valence-electron chi connectivity index (χ0n) is 13.4. The highest BCUT2D eigenvalue weighted by atomic mass is 14.8. The summed E-state index contributed by atoms with van der Waals surface area (Å²) in [5, 5.41) is 2.47. The molecule has 0 aliphatic rings. The highest BCUT2D eigenvalue weighted by Crippen LogP contribution is 2.31. The van der Waals surface area contributed by atoms with Gasteiger partial charge in [-0.25, -0.2) is 4.98 Å². The van der Waals surface area contributed by atoms with Gasteiger partial charge in [0.15, 0.2) is 0 Å². The van der Waals surface area contributed by atoms with Crippen LogP contribution in [0, 0.1) is 6.92 Å². The van der Waals surface area contributed by atoms with E-state index >= 15 is 0 Å². The van der Waals surface area contributed by atoms with E-state index in [0.717, 1.165) is 23.1 Å². The predicted octanol–water partition coefficient (Wildman–Crippen LogP) is 5.32. The summed E-state index contributed by atoms with van der Waals surface area (Å²) in [4.78, 5) is 9.28. The molecular weight excluding hydrogens is 280 g/mol. The van der Waals surface area contributed by atoms with Gasteiger partial charge in [-0.1, -0.05) is 49.4 Å². The van der Waals surface area contributed by atoms with E-state index < -0.39 is 0 Å². The molecule has 0 bridgehead atoms. The third-order valence-corrected chi connectivity index (χ3v) is 4.34. The van der Waals surface area contributed by atoms with Crippen molar-refractivity contribution in [1.82, 2.24) is 9.97 Å². The molecule has 0 saturated heterocycles. The molecule has 1 aromatic heterocycles. The Morgan fingerprint density at radius 3 is 2.48 bits per heavy atom. The average Bonchev–Trinajstić information content (AvgIpc) is 2.61. The van der Waals surface area contributed by atoms with Crippen molar-refractivity contribution in [3.05, 3.63) is 72.1 Å². The smallest absolute Gasteiger partial charge is 0.0968 e. The summed E-state index contributed by atoms with van der Waals surface area (Å²) in [6.45, 7) is 4.18. The van der Waals surface area contributed by atoms with Gasteiger partial charge in [0.25, 0.3) is 0 Å². The van der Waals surface area contributed by atoms with Crippen molar-refractivity contribution < 1.29 is 0 Å². The zero-order valence-corrected chi connectivity index (χ0v) is 13.4. The Morgan fingerprint density at radius 1 is 0.870 bits per heavy atom. The van der Waals surface area contributed by atoms with Crippen molar-refractivity contribution in [2.45, 2.75) is 20.3 Å². The maximum absolute atomic E-state index is 4.72. The Hall–Kier alpha value is -2.74. The molecule has 1 heterocycles. The number of hydrogen-bond acceptors (Lipinski definition) is 2. The average molecular weight is 298 g/mol. The Morgan fingerprint density at radius 2 is 1.70 bits per heavy atom. The maximum Gasteiger partial charge on any atom is 0.0968 e.